The lowest BCUT2D eigenvalue weighted by Gasteiger charge is -2.40. The first-order valence-corrected chi connectivity index (χ1v) is 6.81. The molecule has 0 radical (unpaired) electrons. The number of nitrogens with two attached hydrogens (primary N) is 1. The predicted molar refractivity (Wildman–Crippen MR) is 70.5 cm³/mol. The quantitative estimate of drug-likeness (QED) is 0.886. The molecule has 0 heterocycles. The Labute approximate surface area is 108 Å². The molecule has 3 atom stereocenters. The van der Waals surface area contributed by atoms with Crippen LogP contribution in [0.5, 0.6) is 0 Å². The van der Waals surface area contributed by atoms with Crippen molar-refractivity contribution in [3.8, 4) is 0 Å². The molecule has 2 aliphatic carbocycles. The van der Waals surface area contributed by atoms with E-state index in [1.807, 2.05) is 6.07 Å². The summed E-state index contributed by atoms with van der Waals surface area (Å²) in [6.07, 6.45) is 3.85. The average molecular weight is 248 g/mol. The highest BCUT2D eigenvalue weighted by atomic mass is 19.1. The van der Waals surface area contributed by atoms with E-state index in [0.717, 1.165) is 30.5 Å². The van der Waals surface area contributed by atoms with E-state index in [0.29, 0.717) is 0 Å². The SMILES string of the molecule is CN(Cc1cccc(F)c1)C1(CN)CCC2CC21. The van der Waals surface area contributed by atoms with Crippen LogP contribution in [0.3, 0.4) is 0 Å². The van der Waals surface area contributed by atoms with Gasteiger partial charge in [0.15, 0.2) is 0 Å². The largest absolute Gasteiger partial charge is 0.329 e. The topological polar surface area (TPSA) is 29.3 Å². The summed E-state index contributed by atoms with van der Waals surface area (Å²) in [7, 11) is 2.14. The van der Waals surface area contributed by atoms with Crippen LogP contribution in [0.15, 0.2) is 24.3 Å². The molecule has 0 aromatic heterocycles. The molecule has 2 saturated carbocycles. The van der Waals surface area contributed by atoms with Gasteiger partial charge in [-0.1, -0.05) is 12.1 Å². The molecule has 98 valence electrons. The van der Waals surface area contributed by atoms with E-state index < -0.39 is 0 Å². The predicted octanol–water partition coefficient (Wildman–Crippen LogP) is 2.38. The van der Waals surface area contributed by atoms with Gasteiger partial charge in [-0.15, -0.1) is 0 Å². The lowest BCUT2D eigenvalue weighted by atomic mass is 9.90. The summed E-state index contributed by atoms with van der Waals surface area (Å²) in [6, 6.07) is 6.89. The molecule has 0 amide bonds. The molecule has 2 nitrogen and oxygen atoms in total. The summed E-state index contributed by atoms with van der Waals surface area (Å²) >= 11 is 0. The molecule has 3 unspecified atom stereocenters. The number of rotatable bonds is 4. The Kier molecular flexibility index (Phi) is 2.91. The first-order chi connectivity index (χ1) is 8.65. The van der Waals surface area contributed by atoms with Gasteiger partial charge in [0, 0.05) is 18.6 Å². The molecule has 1 aromatic carbocycles. The molecule has 1 aromatic rings. The molecule has 2 N–H and O–H groups in total. The van der Waals surface area contributed by atoms with E-state index in [1.165, 1.54) is 25.3 Å². The lowest BCUT2D eigenvalue weighted by molar-refractivity contribution is 0.101. The molecular weight excluding hydrogens is 227 g/mol. The van der Waals surface area contributed by atoms with Crippen molar-refractivity contribution in [3.63, 3.8) is 0 Å². The molecule has 0 aliphatic heterocycles. The number of fused-ring (bicyclic) bond motifs is 1. The van der Waals surface area contributed by atoms with E-state index in [9.17, 15) is 4.39 Å². The summed E-state index contributed by atoms with van der Waals surface area (Å²) in [6.45, 7) is 1.51. The van der Waals surface area contributed by atoms with Gasteiger partial charge in [-0.2, -0.15) is 0 Å². The molecule has 2 aliphatic rings. The highest BCUT2D eigenvalue weighted by molar-refractivity contribution is 5.19. The van der Waals surface area contributed by atoms with Gasteiger partial charge in [-0.3, -0.25) is 4.90 Å². The van der Waals surface area contributed by atoms with E-state index in [2.05, 4.69) is 11.9 Å². The number of halogens is 1. The highest BCUT2D eigenvalue weighted by Gasteiger charge is 2.58. The van der Waals surface area contributed by atoms with Crippen molar-refractivity contribution in [2.75, 3.05) is 13.6 Å². The lowest BCUT2D eigenvalue weighted by Crippen LogP contribution is -2.52. The molecule has 3 rings (SSSR count). The van der Waals surface area contributed by atoms with Gasteiger partial charge < -0.3 is 5.73 Å². The van der Waals surface area contributed by atoms with Crippen LogP contribution in [0.4, 0.5) is 4.39 Å². The molecule has 18 heavy (non-hydrogen) atoms. The monoisotopic (exact) mass is 248 g/mol. The second-order valence-corrected chi connectivity index (χ2v) is 5.93. The fourth-order valence-corrected chi connectivity index (χ4v) is 3.80. The smallest absolute Gasteiger partial charge is 0.123 e. The normalized spacial score (nSPS) is 33.8. The van der Waals surface area contributed by atoms with Gasteiger partial charge in [0.1, 0.15) is 5.82 Å². The van der Waals surface area contributed by atoms with Gasteiger partial charge >= 0.3 is 0 Å². The van der Waals surface area contributed by atoms with E-state index in [1.54, 1.807) is 12.1 Å². The van der Waals surface area contributed by atoms with Crippen LogP contribution in [0.1, 0.15) is 24.8 Å². The summed E-state index contributed by atoms with van der Waals surface area (Å²) in [5, 5.41) is 0. The standard InChI is InChI=1S/C15H21FN2/c1-18(9-11-3-2-4-13(16)7-11)15(10-17)6-5-12-8-14(12)15/h2-4,7,12,14H,5-6,8-10,17H2,1H3. The Balaban J connectivity index is 1.76. The molecular formula is C15H21FN2. The Morgan fingerprint density at radius 3 is 2.89 bits per heavy atom. The zero-order chi connectivity index (χ0) is 12.8. The molecule has 0 bridgehead atoms. The van der Waals surface area contributed by atoms with Crippen LogP contribution < -0.4 is 5.73 Å². The third-order valence-electron chi connectivity index (χ3n) is 4.98. The summed E-state index contributed by atoms with van der Waals surface area (Å²) in [5.74, 6) is 1.53. The van der Waals surface area contributed by atoms with Gasteiger partial charge in [0.25, 0.3) is 0 Å². The van der Waals surface area contributed by atoms with E-state index in [4.69, 9.17) is 5.73 Å². The molecule has 0 spiro atoms. The third-order valence-corrected chi connectivity index (χ3v) is 4.98. The molecule has 3 heteroatoms. The van der Waals surface area contributed by atoms with Crippen molar-refractivity contribution in [1.29, 1.82) is 0 Å². The molecule has 2 fully saturated rings. The summed E-state index contributed by atoms with van der Waals surface area (Å²) in [4.78, 5) is 2.36. The van der Waals surface area contributed by atoms with Crippen molar-refractivity contribution in [3.05, 3.63) is 35.6 Å². The highest BCUT2D eigenvalue weighted by Crippen LogP contribution is 2.59. The van der Waals surface area contributed by atoms with Gasteiger partial charge in [-0.05, 0) is 55.8 Å². The van der Waals surface area contributed by atoms with Crippen LogP contribution in [0.25, 0.3) is 0 Å². The Morgan fingerprint density at radius 1 is 1.50 bits per heavy atom. The second-order valence-electron chi connectivity index (χ2n) is 5.93. The van der Waals surface area contributed by atoms with Crippen LogP contribution in [0, 0.1) is 17.7 Å². The fraction of sp³-hybridized carbons (Fsp3) is 0.600. The van der Waals surface area contributed by atoms with Crippen molar-refractivity contribution >= 4 is 0 Å². The number of hydrogen-bond donors (Lipinski definition) is 1. The first-order valence-electron chi connectivity index (χ1n) is 6.81. The minimum atomic E-state index is -0.154. The number of hydrogen-bond acceptors (Lipinski definition) is 2. The average Bonchev–Trinajstić information content (AvgIpc) is 3.04. The first kappa shape index (κ1) is 12.1. The Bertz CT molecular complexity index is 448. The van der Waals surface area contributed by atoms with Crippen molar-refractivity contribution in [2.45, 2.75) is 31.3 Å². The van der Waals surface area contributed by atoms with E-state index in [-0.39, 0.29) is 11.4 Å². The maximum Gasteiger partial charge on any atom is 0.123 e. The van der Waals surface area contributed by atoms with Gasteiger partial charge in [0.2, 0.25) is 0 Å². The maximum absolute atomic E-state index is 13.2. The summed E-state index contributed by atoms with van der Waals surface area (Å²) in [5.41, 5.74) is 7.25. The zero-order valence-corrected chi connectivity index (χ0v) is 10.9. The Hall–Kier alpha value is -0.930. The zero-order valence-electron chi connectivity index (χ0n) is 10.9. The number of benzene rings is 1. The maximum atomic E-state index is 13.2. The van der Waals surface area contributed by atoms with Gasteiger partial charge in [0.05, 0.1) is 0 Å². The second kappa shape index (κ2) is 4.32. The minimum Gasteiger partial charge on any atom is -0.329 e. The minimum absolute atomic E-state index is 0.154. The third kappa shape index (κ3) is 1.86. The summed E-state index contributed by atoms with van der Waals surface area (Å²) < 4.78 is 13.2. The van der Waals surface area contributed by atoms with Crippen LogP contribution in [-0.2, 0) is 6.54 Å². The number of likely N-dealkylation sites (N-methyl/N-ethyl adjacent to an activating group) is 1. The van der Waals surface area contributed by atoms with Crippen molar-refractivity contribution in [2.24, 2.45) is 17.6 Å². The Morgan fingerprint density at radius 2 is 2.33 bits per heavy atom. The van der Waals surface area contributed by atoms with E-state index >= 15 is 0 Å². The fourth-order valence-electron chi connectivity index (χ4n) is 3.80. The molecule has 0 saturated heterocycles. The van der Waals surface area contributed by atoms with Crippen molar-refractivity contribution < 1.29 is 4.39 Å². The van der Waals surface area contributed by atoms with Crippen LogP contribution in [-0.4, -0.2) is 24.0 Å². The number of nitrogens with zero attached hydrogens (tertiary/aromatic N) is 1. The van der Waals surface area contributed by atoms with Gasteiger partial charge in [-0.25, -0.2) is 4.39 Å². The van der Waals surface area contributed by atoms with Crippen LogP contribution in [0.2, 0.25) is 0 Å². The van der Waals surface area contributed by atoms with Crippen molar-refractivity contribution in [1.82, 2.24) is 4.90 Å². The van der Waals surface area contributed by atoms with Crippen LogP contribution >= 0.6 is 0 Å².